The van der Waals surface area contributed by atoms with Gasteiger partial charge in [0, 0.05) is 0 Å². The van der Waals surface area contributed by atoms with Gasteiger partial charge in [0.15, 0.2) is 0 Å². The third kappa shape index (κ3) is 5.24. The second kappa shape index (κ2) is 6.65. The van der Waals surface area contributed by atoms with Gasteiger partial charge < -0.3 is 0 Å². The van der Waals surface area contributed by atoms with Crippen molar-refractivity contribution in [3.63, 3.8) is 0 Å². The molecule has 5 heteroatoms. The van der Waals surface area contributed by atoms with E-state index in [1.807, 2.05) is 8.94 Å². The first-order valence-electron chi connectivity index (χ1n) is 1.74. The van der Waals surface area contributed by atoms with E-state index in [4.69, 9.17) is 0 Å². The molecule has 0 N–H and O–H groups in total. The van der Waals surface area contributed by atoms with E-state index >= 15 is 0 Å². The van der Waals surface area contributed by atoms with Gasteiger partial charge in [-0.1, -0.05) is 0 Å². The van der Waals surface area contributed by atoms with Gasteiger partial charge in [0.2, 0.25) is 0 Å². The molecule has 1 saturated heterocycles. The van der Waals surface area contributed by atoms with Crippen LogP contribution in [0, 0.1) is 0 Å². The Kier molecular flexibility index (Phi) is 8.58. The summed E-state index contributed by atoms with van der Waals surface area (Å²) in [5.74, 6) is 0. The zero-order valence-corrected chi connectivity index (χ0v) is 15.1. The molecule has 0 spiro atoms. The molecule has 0 aromatic rings. The molecule has 0 atom stereocenters. The Morgan fingerprint density at radius 3 is 1.86 bits per heavy atom. The molecule has 1 aliphatic rings. The summed E-state index contributed by atoms with van der Waals surface area (Å²) in [5, 5.41) is 0. The van der Waals surface area contributed by atoms with Gasteiger partial charge in [0.25, 0.3) is 0 Å². The molecule has 0 nitrogen and oxygen atoms in total. The summed E-state index contributed by atoms with van der Waals surface area (Å²) in [6.45, 7) is 0. The third-order valence-electron chi connectivity index (χ3n) is 0.402. The first-order valence-corrected chi connectivity index (χ1v) is 34.4. The van der Waals surface area contributed by atoms with Crippen molar-refractivity contribution in [1.82, 2.24) is 0 Å². The quantitative estimate of drug-likeness (QED) is 0.292. The zero-order valence-electron chi connectivity index (χ0n) is 3.46. The topological polar surface area (TPSA) is 0 Å². The molecule has 1 rings (SSSR count). The Hall–Kier alpha value is 3.95. The minimum atomic E-state index is 0.792. The van der Waals surface area contributed by atoms with Crippen LogP contribution in [-0.2, 0) is 0 Å². The van der Waals surface area contributed by atoms with Crippen molar-refractivity contribution in [2.45, 2.75) is 8.94 Å². The summed E-state index contributed by atoms with van der Waals surface area (Å²) in [7, 11) is 0. The van der Waals surface area contributed by atoms with Crippen LogP contribution >= 0.6 is 0 Å². The van der Waals surface area contributed by atoms with E-state index in [9.17, 15) is 0 Å². The predicted molar refractivity (Wildman–Crippen MR) is 38.4 cm³/mol. The van der Waals surface area contributed by atoms with Gasteiger partial charge in [-0.05, 0) is 0 Å². The molecule has 7 heavy (non-hydrogen) atoms. The molecule has 0 aromatic carbocycles. The van der Waals surface area contributed by atoms with Gasteiger partial charge in [0.1, 0.15) is 0 Å². The predicted octanol–water partition coefficient (Wildman–Crippen LogP) is -0.982. The maximum absolute atomic E-state index is 1.81. The van der Waals surface area contributed by atoms with E-state index in [-0.39, 0.29) is 0 Å². The van der Waals surface area contributed by atoms with Crippen molar-refractivity contribution in [2.75, 3.05) is 0 Å². The Morgan fingerprint density at radius 1 is 0.714 bits per heavy atom. The molecule has 1 aliphatic heterocycles. The molecule has 1 heterocycles. The van der Waals surface area contributed by atoms with E-state index < -0.39 is 0 Å². The van der Waals surface area contributed by atoms with Gasteiger partial charge in [-0.25, -0.2) is 0 Å². The van der Waals surface area contributed by atoms with Crippen LogP contribution in [0.25, 0.3) is 0 Å². The average molecular weight is 666 g/mol. The normalized spacial score (nSPS) is 24.0. The van der Waals surface area contributed by atoms with Crippen molar-refractivity contribution in [1.29, 1.82) is 0 Å². The summed E-state index contributed by atoms with van der Waals surface area (Å²) in [5.41, 5.74) is 0. The fraction of sp³-hybridized carbons (Fsp3) is 1.00. The van der Waals surface area contributed by atoms with Crippen LogP contribution < -0.4 is 0 Å². The van der Waals surface area contributed by atoms with E-state index in [1.165, 1.54) is 0 Å². The van der Waals surface area contributed by atoms with Crippen molar-refractivity contribution in [2.24, 2.45) is 0 Å². The number of hydrogen-bond donors (Lipinski definition) is 0. The summed E-state index contributed by atoms with van der Waals surface area (Å²) in [4.78, 5) is 0. The zero-order chi connectivity index (χ0) is 4.95. The minimum absolute atomic E-state index is 0.792. The molecule has 1 fully saturated rings. The Labute approximate surface area is 79.8 Å². The van der Waals surface area contributed by atoms with Gasteiger partial charge in [-0.15, -0.1) is 0 Å². The third-order valence-corrected chi connectivity index (χ3v) is 153. The fourth-order valence-corrected chi connectivity index (χ4v) is 275. The van der Waals surface area contributed by atoms with E-state index in [2.05, 4.69) is 0 Å². The molecule has 0 radical (unpaired) electrons. The standard InChI is InChI=1S/C2H4Te5/c1-2-4-6-7-5-3-1/h1-2H2. The second-order valence-corrected chi connectivity index (χ2v) is 75.0. The van der Waals surface area contributed by atoms with Crippen LogP contribution in [0.5, 0.6) is 0 Å². The van der Waals surface area contributed by atoms with Gasteiger partial charge in [-0.2, -0.15) is 0 Å². The van der Waals surface area contributed by atoms with E-state index in [0.29, 0.717) is 0 Å². The molecule has 42 valence electrons. The summed E-state index contributed by atoms with van der Waals surface area (Å²) in [6.07, 6.45) is 0. The Morgan fingerprint density at radius 2 is 1.29 bits per heavy atom. The van der Waals surface area contributed by atoms with Gasteiger partial charge in [-0.3, -0.25) is 0 Å². The second-order valence-electron chi connectivity index (χ2n) is 0.848. The van der Waals surface area contributed by atoms with Crippen molar-refractivity contribution < 1.29 is 0 Å². The van der Waals surface area contributed by atoms with Crippen LogP contribution in [0.15, 0.2) is 0 Å². The first-order chi connectivity index (χ1) is 3.50. The summed E-state index contributed by atoms with van der Waals surface area (Å²) >= 11 is 4.28. The first kappa shape index (κ1) is 9.04. The summed E-state index contributed by atoms with van der Waals surface area (Å²) < 4.78 is 3.62. The monoisotopic (exact) mass is 678 g/mol. The summed E-state index contributed by atoms with van der Waals surface area (Å²) in [6, 6.07) is 0. The van der Waals surface area contributed by atoms with Crippen LogP contribution in [0.2, 0.25) is 8.94 Å². The molecular formula is C2H4Te5. The van der Waals surface area contributed by atoms with Crippen LogP contribution in [0.3, 0.4) is 0 Å². The van der Waals surface area contributed by atoms with Crippen molar-refractivity contribution in [3.05, 3.63) is 0 Å². The average Bonchev–Trinajstić information content (AvgIpc) is 1.90. The van der Waals surface area contributed by atoms with Crippen molar-refractivity contribution >= 4 is 73.7 Å². The molecule has 0 amide bonds. The number of hydrogen-bond acceptors (Lipinski definition) is 0. The van der Waals surface area contributed by atoms with E-state index in [0.717, 1.165) is 73.7 Å². The molecule has 0 unspecified atom stereocenters. The maximum atomic E-state index is 1.81. The molecule has 0 aromatic heterocycles. The van der Waals surface area contributed by atoms with E-state index in [1.54, 1.807) is 0 Å². The molecule has 0 aliphatic carbocycles. The Bertz CT molecular complexity index is 25.7. The van der Waals surface area contributed by atoms with Gasteiger partial charge in [0.05, 0.1) is 0 Å². The van der Waals surface area contributed by atoms with Crippen LogP contribution in [0.4, 0.5) is 0 Å². The van der Waals surface area contributed by atoms with Gasteiger partial charge >= 0.3 is 82.6 Å². The van der Waals surface area contributed by atoms with Crippen molar-refractivity contribution in [3.8, 4) is 0 Å². The van der Waals surface area contributed by atoms with Crippen LogP contribution in [-0.4, -0.2) is 73.7 Å². The molecule has 0 saturated carbocycles. The van der Waals surface area contributed by atoms with Crippen LogP contribution in [0.1, 0.15) is 0 Å². The fourth-order valence-electron chi connectivity index (χ4n) is 0.187. The number of rotatable bonds is 0. The molecular weight excluding hydrogens is 662 g/mol. The molecule has 0 bridgehead atoms. The Balaban J connectivity index is 2.04. The SMILES string of the molecule is C1C[Te][Te][Te][Te][Te]1.